The lowest BCUT2D eigenvalue weighted by atomic mass is 10.0. The molecule has 0 fully saturated rings. The molecule has 4 nitrogen and oxygen atoms in total. The van der Waals surface area contributed by atoms with E-state index in [2.05, 4.69) is 0 Å². The van der Waals surface area contributed by atoms with Crippen molar-refractivity contribution in [3.63, 3.8) is 0 Å². The van der Waals surface area contributed by atoms with Crippen LogP contribution in [0.4, 0.5) is 0 Å². The molecule has 0 spiro atoms. The van der Waals surface area contributed by atoms with Gasteiger partial charge in [-0.05, 0) is 29.8 Å². The lowest BCUT2D eigenvalue weighted by molar-refractivity contribution is 0.415. The predicted octanol–water partition coefficient (Wildman–Crippen LogP) is 3.88. The third kappa shape index (κ3) is 2.55. The zero-order chi connectivity index (χ0) is 16.6. The van der Waals surface area contributed by atoms with Crippen LogP contribution in [0, 0.1) is 0 Å². The van der Waals surface area contributed by atoms with Gasteiger partial charge in [-0.3, -0.25) is 4.79 Å². The van der Waals surface area contributed by atoms with Gasteiger partial charge < -0.3 is 14.0 Å². The summed E-state index contributed by atoms with van der Waals surface area (Å²) in [4.78, 5) is 12.8. The van der Waals surface area contributed by atoms with E-state index in [1.165, 1.54) is 0 Å². The molecule has 0 atom stereocenters. The molecule has 0 saturated heterocycles. The van der Waals surface area contributed by atoms with Gasteiger partial charge in [0.1, 0.15) is 11.5 Å². The van der Waals surface area contributed by atoms with Crippen LogP contribution in [0.5, 0.6) is 11.5 Å². The number of ether oxygens (including phenoxy) is 2. The third-order valence-corrected chi connectivity index (χ3v) is 4.31. The number of methoxy groups -OCH3 is 2. The second-order valence-corrected chi connectivity index (χ2v) is 5.54. The van der Waals surface area contributed by atoms with E-state index in [-0.39, 0.29) is 5.56 Å². The largest absolute Gasteiger partial charge is 0.497 e. The zero-order valence-electron chi connectivity index (χ0n) is 13.1. The van der Waals surface area contributed by atoms with Crippen molar-refractivity contribution in [1.82, 2.24) is 4.57 Å². The van der Waals surface area contributed by atoms with Gasteiger partial charge in [-0.25, -0.2) is 0 Å². The Labute approximate surface area is 138 Å². The van der Waals surface area contributed by atoms with Crippen LogP contribution >= 0.6 is 11.6 Å². The molecule has 0 unspecified atom stereocenters. The van der Waals surface area contributed by atoms with Gasteiger partial charge in [0.15, 0.2) is 0 Å². The Hall–Kier alpha value is -2.46. The first-order valence-electron chi connectivity index (χ1n) is 7.07. The van der Waals surface area contributed by atoms with Crippen LogP contribution in [0.25, 0.3) is 22.0 Å². The van der Waals surface area contributed by atoms with Gasteiger partial charge in [0.2, 0.25) is 0 Å². The summed E-state index contributed by atoms with van der Waals surface area (Å²) < 4.78 is 12.0. The number of aromatic nitrogens is 1. The van der Waals surface area contributed by atoms with E-state index >= 15 is 0 Å². The van der Waals surface area contributed by atoms with E-state index in [1.807, 2.05) is 36.4 Å². The summed E-state index contributed by atoms with van der Waals surface area (Å²) in [6.45, 7) is 0. The molecule has 1 aromatic heterocycles. The van der Waals surface area contributed by atoms with Crippen LogP contribution in [0.2, 0.25) is 5.02 Å². The highest BCUT2D eigenvalue weighted by Gasteiger charge is 2.16. The first-order chi connectivity index (χ1) is 11.1. The van der Waals surface area contributed by atoms with Crippen LogP contribution < -0.4 is 15.0 Å². The number of hydrogen-bond acceptors (Lipinski definition) is 3. The Kier molecular flexibility index (Phi) is 4.01. The number of pyridine rings is 1. The van der Waals surface area contributed by atoms with E-state index in [1.54, 1.807) is 31.9 Å². The highest BCUT2D eigenvalue weighted by molar-refractivity contribution is 6.38. The number of halogens is 1. The van der Waals surface area contributed by atoms with Crippen LogP contribution in [0.3, 0.4) is 0 Å². The maximum atomic E-state index is 12.8. The molecule has 0 radical (unpaired) electrons. The summed E-state index contributed by atoms with van der Waals surface area (Å²) in [5.74, 6) is 1.41. The van der Waals surface area contributed by atoms with Crippen molar-refractivity contribution >= 4 is 22.5 Å². The van der Waals surface area contributed by atoms with Gasteiger partial charge in [0.05, 0.1) is 30.3 Å². The van der Waals surface area contributed by atoms with E-state index in [4.69, 9.17) is 21.1 Å². The Morgan fingerprint density at radius 3 is 2.17 bits per heavy atom. The summed E-state index contributed by atoms with van der Waals surface area (Å²) in [6.07, 6.45) is 0. The molecule has 2 aromatic carbocycles. The molecule has 0 saturated carbocycles. The van der Waals surface area contributed by atoms with E-state index in [0.29, 0.717) is 16.3 Å². The van der Waals surface area contributed by atoms with E-state index < -0.39 is 0 Å². The SMILES string of the molecule is COc1ccc(-c2c(Cl)c3ccc(OC)cc3n(C)c2=O)cc1. The monoisotopic (exact) mass is 329 g/mol. The summed E-state index contributed by atoms with van der Waals surface area (Å²) in [6, 6.07) is 12.8. The van der Waals surface area contributed by atoms with Crippen molar-refractivity contribution in [2.24, 2.45) is 7.05 Å². The number of hydrogen-bond donors (Lipinski definition) is 0. The number of nitrogens with zero attached hydrogens (tertiary/aromatic N) is 1. The maximum Gasteiger partial charge on any atom is 0.260 e. The molecular weight excluding hydrogens is 314 g/mol. The molecule has 0 bridgehead atoms. The molecule has 0 aliphatic heterocycles. The normalized spacial score (nSPS) is 10.8. The molecule has 1 heterocycles. The average Bonchev–Trinajstić information content (AvgIpc) is 2.60. The molecule has 3 aromatic rings. The van der Waals surface area contributed by atoms with Crippen LogP contribution in [-0.2, 0) is 7.05 Å². The zero-order valence-corrected chi connectivity index (χ0v) is 13.8. The molecule has 3 rings (SSSR count). The van der Waals surface area contributed by atoms with E-state index in [9.17, 15) is 4.79 Å². The minimum absolute atomic E-state index is 0.152. The molecule has 23 heavy (non-hydrogen) atoms. The van der Waals surface area contributed by atoms with Gasteiger partial charge in [0.25, 0.3) is 5.56 Å². The van der Waals surface area contributed by atoms with Crippen LogP contribution in [-0.4, -0.2) is 18.8 Å². The fourth-order valence-electron chi connectivity index (χ4n) is 2.62. The topological polar surface area (TPSA) is 40.5 Å². The van der Waals surface area contributed by atoms with Crippen molar-refractivity contribution in [3.05, 3.63) is 57.8 Å². The maximum absolute atomic E-state index is 12.8. The molecule has 0 aliphatic rings. The van der Waals surface area contributed by atoms with Crippen molar-refractivity contribution in [2.75, 3.05) is 14.2 Å². The first kappa shape index (κ1) is 15.4. The third-order valence-electron chi connectivity index (χ3n) is 3.92. The van der Waals surface area contributed by atoms with Crippen molar-refractivity contribution in [2.45, 2.75) is 0 Å². The minimum atomic E-state index is -0.152. The van der Waals surface area contributed by atoms with Gasteiger partial charge in [-0.15, -0.1) is 0 Å². The molecule has 5 heteroatoms. The standard InChI is InChI=1S/C18H16ClNO3/c1-20-15-10-13(23-3)8-9-14(15)17(19)16(18(20)21)11-4-6-12(22-2)7-5-11/h4-10H,1-3H3. The first-order valence-corrected chi connectivity index (χ1v) is 7.45. The van der Waals surface area contributed by atoms with E-state index in [0.717, 1.165) is 22.2 Å². The van der Waals surface area contributed by atoms with Crippen molar-refractivity contribution in [3.8, 4) is 22.6 Å². The van der Waals surface area contributed by atoms with Gasteiger partial charge in [0, 0.05) is 18.5 Å². The smallest absolute Gasteiger partial charge is 0.260 e. The molecule has 118 valence electrons. The second kappa shape index (κ2) is 5.97. The summed E-state index contributed by atoms with van der Waals surface area (Å²) in [7, 11) is 4.92. The molecule has 0 N–H and O–H groups in total. The summed E-state index contributed by atoms with van der Waals surface area (Å²) in [5.41, 5.74) is 1.82. The highest BCUT2D eigenvalue weighted by Crippen LogP contribution is 2.33. The fraction of sp³-hybridized carbons (Fsp3) is 0.167. The van der Waals surface area contributed by atoms with Crippen molar-refractivity contribution in [1.29, 1.82) is 0 Å². The molecule has 0 aliphatic carbocycles. The average molecular weight is 330 g/mol. The minimum Gasteiger partial charge on any atom is -0.497 e. The van der Waals surface area contributed by atoms with Gasteiger partial charge in [-0.1, -0.05) is 23.7 Å². The lowest BCUT2D eigenvalue weighted by Gasteiger charge is -2.13. The number of rotatable bonds is 3. The number of aryl methyl sites for hydroxylation is 1. The number of fused-ring (bicyclic) bond motifs is 1. The van der Waals surface area contributed by atoms with Crippen LogP contribution in [0.1, 0.15) is 0 Å². The second-order valence-electron chi connectivity index (χ2n) is 5.16. The van der Waals surface area contributed by atoms with Gasteiger partial charge >= 0.3 is 0 Å². The summed E-state index contributed by atoms with van der Waals surface area (Å²) in [5, 5.41) is 1.25. The quantitative estimate of drug-likeness (QED) is 0.732. The number of benzene rings is 2. The Balaban J connectivity index is 2.31. The molecular formula is C18H16ClNO3. The lowest BCUT2D eigenvalue weighted by Crippen LogP contribution is -2.19. The highest BCUT2D eigenvalue weighted by atomic mass is 35.5. The molecule has 0 amide bonds. The van der Waals surface area contributed by atoms with Gasteiger partial charge in [-0.2, -0.15) is 0 Å². The van der Waals surface area contributed by atoms with Crippen LogP contribution in [0.15, 0.2) is 47.3 Å². The Morgan fingerprint density at radius 2 is 1.57 bits per heavy atom. The van der Waals surface area contributed by atoms with Crippen molar-refractivity contribution < 1.29 is 9.47 Å². The Morgan fingerprint density at radius 1 is 0.957 bits per heavy atom. The predicted molar refractivity (Wildman–Crippen MR) is 92.7 cm³/mol. The fourth-order valence-corrected chi connectivity index (χ4v) is 2.96. The summed E-state index contributed by atoms with van der Waals surface area (Å²) >= 11 is 6.54. The Bertz CT molecular complexity index is 930.